The molecule has 1 heterocycles. The van der Waals surface area contributed by atoms with Gasteiger partial charge in [0.15, 0.2) is 0 Å². The topological polar surface area (TPSA) is 46.9 Å². The number of aromatic nitrogens is 2. The molecule has 0 spiro atoms. The Morgan fingerprint density at radius 3 is 3.15 bits per heavy atom. The molecule has 0 atom stereocenters. The van der Waals surface area contributed by atoms with Gasteiger partial charge in [-0.05, 0) is 25.6 Å². The lowest BCUT2D eigenvalue weighted by molar-refractivity contribution is 0.527. The van der Waals surface area contributed by atoms with E-state index in [-0.39, 0.29) is 5.56 Å². The van der Waals surface area contributed by atoms with E-state index in [1.165, 1.54) is 10.7 Å². The van der Waals surface area contributed by atoms with Crippen LogP contribution in [0.25, 0.3) is 0 Å². The van der Waals surface area contributed by atoms with Crippen LogP contribution in [0.2, 0.25) is 0 Å². The third-order valence-electron chi connectivity index (χ3n) is 1.76. The summed E-state index contributed by atoms with van der Waals surface area (Å²) in [4.78, 5) is 11.2. The van der Waals surface area contributed by atoms with Crippen molar-refractivity contribution in [3.63, 3.8) is 0 Å². The fourth-order valence-electron chi connectivity index (χ4n) is 1.09. The van der Waals surface area contributed by atoms with Gasteiger partial charge in [0.2, 0.25) is 0 Å². The lowest BCUT2D eigenvalue weighted by Gasteiger charge is -2.03. The molecule has 1 rings (SSSR count). The van der Waals surface area contributed by atoms with Gasteiger partial charge in [-0.3, -0.25) is 4.79 Å². The summed E-state index contributed by atoms with van der Waals surface area (Å²) >= 11 is 0. The van der Waals surface area contributed by atoms with E-state index in [4.69, 9.17) is 0 Å². The van der Waals surface area contributed by atoms with Crippen molar-refractivity contribution < 1.29 is 0 Å². The van der Waals surface area contributed by atoms with Crippen LogP contribution in [0.4, 0.5) is 0 Å². The Morgan fingerprint density at radius 2 is 2.46 bits per heavy atom. The Hall–Kier alpha value is -1.16. The maximum absolute atomic E-state index is 11.2. The van der Waals surface area contributed by atoms with Gasteiger partial charge < -0.3 is 5.32 Å². The quantitative estimate of drug-likeness (QED) is 0.662. The smallest absolute Gasteiger partial charge is 0.266 e. The van der Waals surface area contributed by atoms with E-state index < -0.39 is 0 Å². The summed E-state index contributed by atoms with van der Waals surface area (Å²) in [5.74, 6) is 0. The lowest BCUT2D eigenvalue weighted by atomic mass is 10.4. The fourth-order valence-corrected chi connectivity index (χ4v) is 1.09. The first kappa shape index (κ1) is 9.92. The number of hydrogen-bond donors (Lipinski definition) is 1. The van der Waals surface area contributed by atoms with Gasteiger partial charge in [0.05, 0.1) is 0 Å². The molecule has 1 N–H and O–H groups in total. The van der Waals surface area contributed by atoms with E-state index in [9.17, 15) is 4.79 Å². The SMILES string of the molecule is CCNCCCn1ncccc1=O. The highest BCUT2D eigenvalue weighted by molar-refractivity contribution is 4.84. The van der Waals surface area contributed by atoms with Gasteiger partial charge in [0.1, 0.15) is 0 Å². The highest BCUT2D eigenvalue weighted by Gasteiger charge is 1.93. The summed E-state index contributed by atoms with van der Waals surface area (Å²) in [5.41, 5.74) is -0.0287. The number of hydrogen-bond acceptors (Lipinski definition) is 3. The van der Waals surface area contributed by atoms with E-state index in [1.807, 2.05) is 0 Å². The van der Waals surface area contributed by atoms with Crippen LogP contribution in [0.15, 0.2) is 23.1 Å². The predicted molar refractivity (Wildman–Crippen MR) is 51.7 cm³/mol. The number of rotatable bonds is 5. The highest BCUT2D eigenvalue weighted by atomic mass is 16.1. The average molecular weight is 181 g/mol. The van der Waals surface area contributed by atoms with Gasteiger partial charge in [-0.15, -0.1) is 0 Å². The van der Waals surface area contributed by atoms with E-state index in [0.717, 1.165) is 19.5 Å². The summed E-state index contributed by atoms with van der Waals surface area (Å²) in [6.07, 6.45) is 2.57. The molecule has 0 amide bonds. The van der Waals surface area contributed by atoms with Crippen molar-refractivity contribution in [2.45, 2.75) is 19.9 Å². The van der Waals surface area contributed by atoms with Crippen LogP contribution in [0.3, 0.4) is 0 Å². The normalized spacial score (nSPS) is 10.2. The van der Waals surface area contributed by atoms with Gasteiger partial charge in [0, 0.05) is 18.8 Å². The number of nitrogens with zero attached hydrogens (tertiary/aromatic N) is 2. The number of nitrogens with one attached hydrogen (secondary N) is 1. The second-order valence-corrected chi connectivity index (χ2v) is 2.79. The van der Waals surface area contributed by atoms with Crippen molar-refractivity contribution in [1.82, 2.24) is 15.1 Å². The second-order valence-electron chi connectivity index (χ2n) is 2.79. The van der Waals surface area contributed by atoms with Gasteiger partial charge in [-0.1, -0.05) is 6.92 Å². The van der Waals surface area contributed by atoms with E-state index in [2.05, 4.69) is 17.3 Å². The van der Waals surface area contributed by atoms with E-state index in [0.29, 0.717) is 6.54 Å². The third-order valence-corrected chi connectivity index (χ3v) is 1.76. The molecule has 0 bridgehead atoms. The first-order valence-electron chi connectivity index (χ1n) is 4.57. The Balaban J connectivity index is 2.37. The Morgan fingerprint density at radius 1 is 1.62 bits per heavy atom. The minimum atomic E-state index is -0.0287. The average Bonchev–Trinajstić information content (AvgIpc) is 2.15. The first-order chi connectivity index (χ1) is 6.34. The molecule has 1 aromatic heterocycles. The van der Waals surface area contributed by atoms with Gasteiger partial charge in [0.25, 0.3) is 5.56 Å². The van der Waals surface area contributed by atoms with Crippen LogP contribution >= 0.6 is 0 Å². The molecule has 0 saturated carbocycles. The first-order valence-corrected chi connectivity index (χ1v) is 4.57. The maximum Gasteiger partial charge on any atom is 0.266 e. The molecule has 0 unspecified atom stereocenters. The van der Waals surface area contributed by atoms with Crippen LogP contribution in [0.1, 0.15) is 13.3 Å². The molecule has 0 aliphatic heterocycles. The van der Waals surface area contributed by atoms with Crippen LogP contribution in [0.5, 0.6) is 0 Å². The molecular weight excluding hydrogens is 166 g/mol. The zero-order valence-corrected chi connectivity index (χ0v) is 7.86. The van der Waals surface area contributed by atoms with Crippen molar-refractivity contribution in [3.8, 4) is 0 Å². The molecule has 0 aliphatic carbocycles. The minimum absolute atomic E-state index is 0.0287. The highest BCUT2D eigenvalue weighted by Crippen LogP contribution is 1.81. The summed E-state index contributed by atoms with van der Waals surface area (Å²) in [6, 6.07) is 3.18. The van der Waals surface area contributed by atoms with Crippen LogP contribution in [-0.4, -0.2) is 22.9 Å². The van der Waals surface area contributed by atoms with Crippen molar-refractivity contribution in [2.75, 3.05) is 13.1 Å². The Bertz CT molecular complexity index is 295. The monoisotopic (exact) mass is 181 g/mol. The van der Waals surface area contributed by atoms with Crippen molar-refractivity contribution in [1.29, 1.82) is 0 Å². The molecule has 72 valence electrons. The van der Waals surface area contributed by atoms with E-state index in [1.54, 1.807) is 12.3 Å². The second kappa shape index (κ2) is 5.48. The van der Waals surface area contributed by atoms with Crippen LogP contribution < -0.4 is 10.9 Å². The fraction of sp³-hybridized carbons (Fsp3) is 0.556. The zero-order chi connectivity index (χ0) is 9.52. The molecule has 13 heavy (non-hydrogen) atoms. The van der Waals surface area contributed by atoms with Crippen molar-refractivity contribution >= 4 is 0 Å². The molecule has 0 aliphatic rings. The molecule has 0 saturated heterocycles. The third kappa shape index (κ3) is 3.38. The van der Waals surface area contributed by atoms with Crippen LogP contribution in [0, 0.1) is 0 Å². The lowest BCUT2D eigenvalue weighted by Crippen LogP contribution is -2.24. The molecule has 0 aromatic carbocycles. The van der Waals surface area contributed by atoms with Crippen molar-refractivity contribution in [3.05, 3.63) is 28.7 Å². The molecular formula is C9H15N3O. The summed E-state index contributed by atoms with van der Waals surface area (Å²) in [5, 5.41) is 7.15. The van der Waals surface area contributed by atoms with E-state index >= 15 is 0 Å². The van der Waals surface area contributed by atoms with Crippen molar-refractivity contribution in [2.24, 2.45) is 0 Å². The predicted octanol–water partition coefficient (Wildman–Crippen LogP) is 0.243. The zero-order valence-electron chi connectivity index (χ0n) is 7.86. The Labute approximate surface area is 77.6 Å². The molecule has 4 heteroatoms. The molecule has 1 aromatic rings. The standard InChI is InChI=1S/C9H15N3O/c1-2-10-6-4-8-12-9(13)5-3-7-11-12/h3,5,7,10H,2,4,6,8H2,1H3. The summed E-state index contributed by atoms with van der Waals surface area (Å²) in [7, 11) is 0. The molecule has 0 radical (unpaired) electrons. The van der Waals surface area contributed by atoms with Gasteiger partial charge >= 0.3 is 0 Å². The Kier molecular flexibility index (Phi) is 4.18. The van der Waals surface area contributed by atoms with Crippen LogP contribution in [-0.2, 0) is 6.54 Å². The van der Waals surface area contributed by atoms with Gasteiger partial charge in [-0.2, -0.15) is 5.10 Å². The summed E-state index contributed by atoms with van der Waals surface area (Å²) in [6.45, 7) is 4.65. The largest absolute Gasteiger partial charge is 0.317 e. The minimum Gasteiger partial charge on any atom is -0.317 e. The van der Waals surface area contributed by atoms with Gasteiger partial charge in [-0.25, -0.2) is 4.68 Å². The maximum atomic E-state index is 11.2. The molecule has 4 nitrogen and oxygen atoms in total. The summed E-state index contributed by atoms with van der Waals surface area (Å²) < 4.78 is 1.48. The molecule has 0 fully saturated rings. The number of aryl methyl sites for hydroxylation is 1.